The lowest BCUT2D eigenvalue weighted by molar-refractivity contribution is -0.137. The molecule has 23 heavy (non-hydrogen) atoms. The summed E-state index contributed by atoms with van der Waals surface area (Å²) < 4.78 is 38.6. The van der Waals surface area contributed by atoms with Crippen molar-refractivity contribution in [3.63, 3.8) is 0 Å². The van der Waals surface area contributed by atoms with Gasteiger partial charge < -0.3 is 10.6 Å². The molecule has 2 N–H and O–H groups in total. The number of anilines is 2. The summed E-state index contributed by atoms with van der Waals surface area (Å²) >= 11 is 0. The third-order valence-electron chi connectivity index (χ3n) is 3.46. The highest BCUT2D eigenvalue weighted by molar-refractivity contribution is 5.94. The van der Waals surface area contributed by atoms with Crippen LogP contribution >= 0.6 is 0 Å². The quantitative estimate of drug-likeness (QED) is 0.877. The highest BCUT2D eigenvalue weighted by atomic mass is 19.4. The van der Waals surface area contributed by atoms with Gasteiger partial charge in [0.25, 0.3) is 0 Å². The number of carbonyl (C=O) groups excluding carboxylic acids is 1. The van der Waals surface area contributed by atoms with E-state index in [0.29, 0.717) is 5.69 Å². The average Bonchev–Trinajstić information content (AvgIpc) is 2.48. The van der Waals surface area contributed by atoms with Crippen LogP contribution in [0.5, 0.6) is 0 Å². The number of benzene rings is 2. The first-order valence-corrected chi connectivity index (χ1v) is 7.04. The predicted molar refractivity (Wildman–Crippen MR) is 84.5 cm³/mol. The predicted octanol–water partition coefficient (Wildman–Crippen LogP) is 4.37. The van der Waals surface area contributed by atoms with Crippen LogP contribution in [-0.2, 0) is 11.0 Å². The Labute approximate surface area is 132 Å². The second-order valence-electron chi connectivity index (χ2n) is 5.24. The van der Waals surface area contributed by atoms with E-state index in [1.54, 1.807) is 6.07 Å². The first-order valence-electron chi connectivity index (χ1n) is 7.04. The third kappa shape index (κ3) is 4.48. The average molecular weight is 322 g/mol. The number of carbonyl (C=O) groups is 1. The van der Waals surface area contributed by atoms with E-state index in [4.69, 9.17) is 0 Å². The molecule has 0 aliphatic carbocycles. The minimum absolute atomic E-state index is 0.116. The Bertz CT molecular complexity index is 711. The van der Waals surface area contributed by atoms with Crippen LogP contribution in [0.1, 0.15) is 16.7 Å². The molecule has 0 aliphatic heterocycles. The zero-order valence-corrected chi connectivity index (χ0v) is 12.8. The molecule has 3 nitrogen and oxygen atoms in total. The molecule has 1 amide bonds. The molecule has 0 aromatic heterocycles. The number of amides is 1. The first-order chi connectivity index (χ1) is 10.8. The van der Waals surface area contributed by atoms with Crippen molar-refractivity contribution < 1.29 is 18.0 Å². The summed E-state index contributed by atoms with van der Waals surface area (Å²) in [5.74, 6) is -0.412. The standard InChI is InChI=1S/C17H17F3N2O/c1-11-7-8-13(9-12(11)2)22-16(23)10-21-15-6-4-3-5-14(15)17(18,19)20/h3-9,21H,10H2,1-2H3,(H,22,23). The molecule has 2 rings (SSSR count). The zero-order valence-electron chi connectivity index (χ0n) is 12.8. The number of hydrogen-bond acceptors (Lipinski definition) is 2. The second kappa shape index (κ2) is 6.73. The van der Waals surface area contributed by atoms with Gasteiger partial charge in [-0.2, -0.15) is 13.2 Å². The van der Waals surface area contributed by atoms with Gasteiger partial charge in [0, 0.05) is 11.4 Å². The molecule has 0 saturated carbocycles. The summed E-state index contributed by atoms with van der Waals surface area (Å²) in [4.78, 5) is 11.9. The summed E-state index contributed by atoms with van der Waals surface area (Å²) in [6, 6.07) is 10.5. The van der Waals surface area contributed by atoms with Gasteiger partial charge in [-0.1, -0.05) is 18.2 Å². The van der Waals surface area contributed by atoms with Crippen LogP contribution in [0.2, 0.25) is 0 Å². The lowest BCUT2D eigenvalue weighted by Gasteiger charge is -2.14. The maximum absolute atomic E-state index is 12.9. The fourth-order valence-corrected chi connectivity index (χ4v) is 2.08. The van der Waals surface area contributed by atoms with Gasteiger partial charge in [-0.25, -0.2) is 0 Å². The van der Waals surface area contributed by atoms with E-state index in [1.165, 1.54) is 18.2 Å². The van der Waals surface area contributed by atoms with Crippen molar-refractivity contribution in [3.05, 3.63) is 59.2 Å². The van der Waals surface area contributed by atoms with Crippen LogP contribution in [0.4, 0.5) is 24.5 Å². The molecular weight excluding hydrogens is 305 g/mol. The SMILES string of the molecule is Cc1ccc(NC(=O)CNc2ccccc2C(F)(F)F)cc1C. The lowest BCUT2D eigenvalue weighted by atomic mass is 10.1. The largest absolute Gasteiger partial charge is 0.418 e. The van der Waals surface area contributed by atoms with Crippen LogP contribution in [0, 0.1) is 13.8 Å². The van der Waals surface area contributed by atoms with Gasteiger partial charge in [0.2, 0.25) is 5.91 Å². The summed E-state index contributed by atoms with van der Waals surface area (Å²) in [5.41, 5.74) is 1.83. The summed E-state index contributed by atoms with van der Waals surface area (Å²) in [6.45, 7) is 3.62. The molecular formula is C17H17F3N2O. The minimum Gasteiger partial charge on any atom is -0.376 e. The number of aryl methyl sites for hydroxylation is 2. The highest BCUT2D eigenvalue weighted by Gasteiger charge is 2.33. The van der Waals surface area contributed by atoms with Gasteiger partial charge in [0.1, 0.15) is 0 Å². The Hall–Kier alpha value is -2.50. The number of hydrogen-bond donors (Lipinski definition) is 2. The van der Waals surface area contributed by atoms with E-state index in [1.807, 2.05) is 26.0 Å². The van der Waals surface area contributed by atoms with Gasteiger partial charge in [-0.3, -0.25) is 4.79 Å². The minimum atomic E-state index is -4.46. The Balaban J connectivity index is 2.01. The third-order valence-corrected chi connectivity index (χ3v) is 3.46. The van der Waals surface area contributed by atoms with Gasteiger partial charge in [-0.05, 0) is 49.2 Å². The molecule has 122 valence electrons. The maximum Gasteiger partial charge on any atom is 0.418 e. The summed E-state index contributed by atoms with van der Waals surface area (Å²) in [5, 5.41) is 5.19. The van der Waals surface area contributed by atoms with Crippen molar-refractivity contribution in [2.24, 2.45) is 0 Å². The molecule has 2 aromatic rings. The molecule has 6 heteroatoms. The Kier molecular flexibility index (Phi) is 4.93. The van der Waals surface area contributed by atoms with Gasteiger partial charge >= 0.3 is 6.18 Å². The van der Waals surface area contributed by atoms with Crippen LogP contribution in [0.25, 0.3) is 0 Å². The van der Waals surface area contributed by atoms with Crippen LogP contribution in [0.15, 0.2) is 42.5 Å². The fourth-order valence-electron chi connectivity index (χ4n) is 2.08. The molecule has 0 radical (unpaired) electrons. The number of alkyl halides is 3. The zero-order chi connectivity index (χ0) is 17.0. The molecule has 0 bridgehead atoms. The normalized spacial score (nSPS) is 11.2. The van der Waals surface area contributed by atoms with Crippen molar-refractivity contribution >= 4 is 17.3 Å². The molecule has 0 aliphatic rings. The molecule has 0 saturated heterocycles. The summed E-state index contributed by atoms with van der Waals surface area (Å²) in [6.07, 6.45) is -4.46. The molecule has 0 fully saturated rings. The van der Waals surface area contributed by atoms with Crippen molar-refractivity contribution in [1.82, 2.24) is 0 Å². The number of para-hydroxylation sites is 1. The van der Waals surface area contributed by atoms with Crippen LogP contribution in [-0.4, -0.2) is 12.5 Å². The van der Waals surface area contributed by atoms with E-state index < -0.39 is 17.6 Å². The van der Waals surface area contributed by atoms with E-state index >= 15 is 0 Å². The van der Waals surface area contributed by atoms with Crippen LogP contribution < -0.4 is 10.6 Å². The van der Waals surface area contributed by atoms with Crippen molar-refractivity contribution in [2.45, 2.75) is 20.0 Å². The highest BCUT2D eigenvalue weighted by Crippen LogP contribution is 2.34. The Morgan fingerprint density at radius 2 is 1.74 bits per heavy atom. The van der Waals surface area contributed by atoms with Crippen LogP contribution in [0.3, 0.4) is 0 Å². The van der Waals surface area contributed by atoms with Gasteiger partial charge in [0.15, 0.2) is 0 Å². The number of halogens is 3. The maximum atomic E-state index is 12.9. The Morgan fingerprint density at radius 1 is 1.04 bits per heavy atom. The topological polar surface area (TPSA) is 41.1 Å². The molecule has 0 unspecified atom stereocenters. The fraction of sp³-hybridized carbons (Fsp3) is 0.235. The first kappa shape index (κ1) is 16.9. The lowest BCUT2D eigenvalue weighted by Crippen LogP contribution is -2.23. The van der Waals surface area contributed by atoms with Crippen molar-refractivity contribution in [3.8, 4) is 0 Å². The number of nitrogens with one attached hydrogen (secondary N) is 2. The number of rotatable bonds is 4. The van der Waals surface area contributed by atoms with Gasteiger partial charge in [0.05, 0.1) is 12.1 Å². The Morgan fingerprint density at radius 3 is 2.39 bits per heavy atom. The second-order valence-corrected chi connectivity index (χ2v) is 5.24. The molecule has 0 heterocycles. The smallest absolute Gasteiger partial charge is 0.376 e. The molecule has 0 atom stereocenters. The molecule has 0 spiro atoms. The van der Waals surface area contributed by atoms with E-state index in [9.17, 15) is 18.0 Å². The van der Waals surface area contributed by atoms with E-state index in [2.05, 4.69) is 10.6 Å². The monoisotopic (exact) mass is 322 g/mol. The van der Waals surface area contributed by atoms with Crippen molar-refractivity contribution in [2.75, 3.05) is 17.2 Å². The molecule has 2 aromatic carbocycles. The van der Waals surface area contributed by atoms with E-state index in [-0.39, 0.29) is 12.2 Å². The van der Waals surface area contributed by atoms with Gasteiger partial charge in [-0.15, -0.1) is 0 Å². The summed E-state index contributed by atoms with van der Waals surface area (Å²) in [7, 11) is 0. The van der Waals surface area contributed by atoms with E-state index in [0.717, 1.165) is 17.2 Å². The van der Waals surface area contributed by atoms with Crippen molar-refractivity contribution in [1.29, 1.82) is 0 Å².